The number of carbonyl (C=O) groups is 1. The topological polar surface area (TPSA) is 95.1 Å². The quantitative estimate of drug-likeness (QED) is 0.463. The van der Waals surface area contributed by atoms with Gasteiger partial charge < -0.3 is 17.2 Å². The monoisotopic (exact) mass is 157 g/mol. The molecule has 0 heterocycles. The van der Waals surface area contributed by atoms with E-state index in [-0.39, 0.29) is 0 Å². The van der Waals surface area contributed by atoms with Gasteiger partial charge in [0, 0.05) is 6.04 Å². The summed E-state index contributed by atoms with van der Waals surface area (Å²) < 4.78 is 0. The van der Waals surface area contributed by atoms with Crippen LogP contribution in [0.1, 0.15) is 13.8 Å². The summed E-state index contributed by atoms with van der Waals surface area (Å²) in [5, 5.41) is 0. The lowest BCUT2D eigenvalue weighted by Gasteiger charge is -2.25. The van der Waals surface area contributed by atoms with Gasteiger partial charge in [-0.05, 0) is 13.8 Å². The highest BCUT2D eigenvalue weighted by atomic mass is 16.1. The van der Waals surface area contributed by atoms with Crippen LogP contribution in [0.2, 0.25) is 0 Å². The van der Waals surface area contributed by atoms with E-state index in [4.69, 9.17) is 17.2 Å². The average Bonchev–Trinajstić information content (AvgIpc) is 1.88. The zero-order chi connectivity index (χ0) is 9.07. The van der Waals surface area contributed by atoms with Crippen molar-refractivity contribution in [3.63, 3.8) is 0 Å². The number of primary amides is 1. The molecule has 1 amide bonds. The molecule has 0 aliphatic rings. The van der Waals surface area contributed by atoms with Crippen LogP contribution in [0.15, 0.2) is 12.2 Å². The Hall–Kier alpha value is -0.870. The van der Waals surface area contributed by atoms with Crippen LogP contribution in [0, 0.1) is 0 Å². The molecular weight excluding hydrogens is 142 g/mol. The minimum atomic E-state index is -1.16. The van der Waals surface area contributed by atoms with E-state index in [1.807, 2.05) is 0 Å². The second-order valence-electron chi connectivity index (χ2n) is 2.70. The van der Waals surface area contributed by atoms with Crippen molar-refractivity contribution in [1.29, 1.82) is 0 Å². The van der Waals surface area contributed by atoms with Gasteiger partial charge in [-0.2, -0.15) is 0 Å². The van der Waals surface area contributed by atoms with Gasteiger partial charge in [-0.1, -0.05) is 12.2 Å². The standard InChI is InChI=1S/C7H15N3O/c1-3-4-5(8)7(2,10)6(9)11/h3-5H,8,10H2,1-2H3,(H2,9,11). The Labute approximate surface area is 66.4 Å². The first-order valence-corrected chi connectivity index (χ1v) is 3.40. The Morgan fingerprint density at radius 3 is 2.36 bits per heavy atom. The molecular formula is C7H15N3O. The van der Waals surface area contributed by atoms with Crippen LogP contribution in [0.25, 0.3) is 0 Å². The van der Waals surface area contributed by atoms with Gasteiger partial charge in [0.15, 0.2) is 0 Å². The second kappa shape index (κ2) is 3.50. The van der Waals surface area contributed by atoms with Crippen molar-refractivity contribution in [1.82, 2.24) is 0 Å². The van der Waals surface area contributed by atoms with Crippen LogP contribution in [0.5, 0.6) is 0 Å². The highest BCUT2D eigenvalue weighted by Crippen LogP contribution is 2.03. The molecule has 0 saturated carbocycles. The third-order valence-corrected chi connectivity index (χ3v) is 1.62. The SMILES string of the molecule is CC=CC(N)C(C)(N)C(N)=O. The van der Waals surface area contributed by atoms with Gasteiger partial charge in [-0.15, -0.1) is 0 Å². The van der Waals surface area contributed by atoms with Crippen molar-refractivity contribution >= 4 is 5.91 Å². The van der Waals surface area contributed by atoms with E-state index in [0.717, 1.165) is 0 Å². The number of amides is 1. The normalized spacial score (nSPS) is 19.6. The van der Waals surface area contributed by atoms with Crippen molar-refractivity contribution in [2.75, 3.05) is 0 Å². The summed E-state index contributed by atoms with van der Waals surface area (Å²) in [6.45, 7) is 3.32. The number of hydrogen-bond acceptors (Lipinski definition) is 3. The van der Waals surface area contributed by atoms with Crippen molar-refractivity contribution in [3.05, 3.63) is 12.2 Å². The molecule has 0 aliphatic carbocycles. The van der Waals surface area contributed by atoms with Gasteiger partial charge in [0.1, 0.15) is 5.54 Å². The molecule has 0 aromatic carbocycles. The number of rotatable bonds is 3. The lowest BCUT2D eigenvalue weighted by atomic mass is 9.93. The van der Waals surface area contributed by atoms with Crippen LogP contribution in [-0.2, 0) is 4.79 Å². The summed E-state index contributed by atoms with van der Waals surface area (Å²) in [7, 11) is 0. The smallest absolute Gasteiger partial charge is 0.239 e. The third kappa shape index (κ3) is 2.32. The lowest BCUT2D eigenvalue weighted by molar-refractivity contribution is -0.122. The van der Waals surface area contributed by atoms with Gasteiger partial charge in [-0.3, -0.25) is 4.79 Å². The predicted molar refractivity (Wildman–Crippen MR) is 44.6 cm³/mol. The first-order chi connectivity index (χ1) is 4.92. The van der Waals surface area contributed by atoms with E-state index in [1.165, 1.54) is 6.92 Å². The largest absolute Gasteiger partial charge is 0.368 e. The summed E-state index contributed by atoms with van der Waals surface area (Å²) in [5.41, 5.74) is 15.0. The van der Waals surface area contributed by atoms with Crippen LogP contribution in [0.4, 0.5) is 0 Å². The summed E-state index contributed by atoms with van der Waals surface area (Å²) in [4.78, 5) is 10.7. The Balaban J connectivity index is 4.41. The van der Waals surface area contributed by atoms with Crippen molar-refractivity contribution in [2.24, 2.45) is 17.2 Å². The maximum absolute atomic E-state index is 10.7. The first-order valence-electron chi connectivity index (χ1n) is 3.40. The zero-order valence-corrected chi connectivity index (χ0v) is 6.87. The summed E-state index contributed by atoms with van der Waals surface area (Å²) in [5.74, 6) is -0.594. The second-order valence-corrected chi connectivity index (χ2v) is 2.70. The maximum Gasteiger partial charge on any atom is 0.239 e. The summed E-state index contributed by atoms with van der Waals surface area (Å²) >= 11 is 0. The van der Waals surface area contributed by atoms with Gasteiger partial charge in [0.2, 0.25) is 5.91 Å². The lowest BCUT2D eigenvalue weighted by Crippen LogP contribution is -2.60. The predicted octanol–water partition coefficient (Wildman–Crippen LogP) is -0.907. The molecule has 0 aliphatic heterocycles. The molecule has 4 nitrogen and oxygen atoms in total. The Morgan fingerprint density at radius 2 is 2.09 bits per heavy atom. The van der Waals surface area contributed by atoms with Crippen molar-refractivity contribution in [3.8, 4) is 0 Å². The summed E-state index contributed by atoms with van der Waals surface area (Å²) in [6, 6.07) is -0.523. The first kappa shape index (κ1) is 10.1. The Bertz CT molecular complexity index is 175. The number of carbonyl (C=O) groups excluding carboxylic acids is 1. The maximum atomic E-state index is 10.7. The molecule has 0 fully saturated rings. The Morgan fingerprint density at radius 1 is 1.64 bits per heavy atom. The Kier molecular flexibility index (Phi) is 3.22. The molecule has 0 aromatic rings. The highest BCUT2D eigenvalue weighted by Gasteiger charge is 2.31. The van der Waals surface area contributed by atoms with E-state index in [0.29, 0.717) is 0 Å². The van der Waals surface area contributed by atoms with Crippen LogP contribution in [-0.4, -0.2) is 17.5 Å². The fourth-order valence-corrected chi connectivity index (χ4v) is 0.571. The van der Waals surface area contributed by atoms with Gasteiger partial charge in [-0.25, -0.2) is 0 Å². The minimum absolute atomic E-state index is 0.523. The van der Waals surface area contributed by atoms with E-state index < -0.39 is 17.5 Å². The average molecular weight is 157 g/mol. The molecule has 4 heteroatoms. The number of nitrogens with two attached hydrogens (primary N) is 3. The van der Waals surface area contributed by atoms with E-state index in [1.54, 1.807) is 19.1 Å². The third-order valence-electron chi connectivity index (χ3n) is 1.62. The van der Waals surface area contributed by atoms with Gasteiger partial charge in [0.25, 0.3) is 0 Å². The van der Waals surface area contributed by atoms with Crippen LogP contribution >= 0.6 is 0 Å². The van der Waals surface area contributed by atoms with E-state index >= 15 is 0 Å². The molecule has 0 spiro atoms. The fraction of sp³-hybridized carbons (Fsp3) is 0.571. The molecule has 0 saturated heterocycles. The molecule has 0 rings (SSSR count). The zero-order valence-electron chi connectivity index (χ0n) is 6.87. The van der Waals surface area contributed by atoms with Crippen molar-refractivity contribution in [2.45, 2.75) is 25.4 Å². The van der Waals surface area contributed by atoms with E-state index in [2.05, 4.69) is 0 Å². The molecule has 2 atom stereocenters. The fourth-order valence-electron chi connectivity index (χ4n) is 0.571. The van der Waals surface area contributed by atoms with Gasteiger partial charge >= 0.3 is 0 Å². The molecule has 64 valence electrons. The molecule has 0 radical (unpaired) electrons. The van der Waals surface area contributed by atoms with Gasteiger partial charge in [0.05, 0.1) is 0 Å². The molecule has 2 unspecified atom stereocenters. The molecule has 11 heavy (non-hydrogen) atoms. The summed E-state index contributed by atoms with van der Waals surface area (Å²) in [6.07, 6.45) is 3.38. The van der Waals surface area contributed by atoms with Crippen LogP contribution < -0.4 is 17.2 Å². The molecule has 0 aromatic heterocycles. The molecule has 0 bridgehead atoms. The van der Waals surface area contributed by atoms with Crippen molar-refractivity contribution < 1.29 is 4.79 Å². The molecule has 6 N–H and O–H groups in total. The van der Waals surface area contributed by atoms with E-state index in [9.17, 15) is 4.79 Å². The van der Waals surface area contributed by atoms with Crippen LogP contribution in [0.3, 0.4) is 0 Å². The number of hydrogen-bond donors (Lipinski definition) is 3. The highest BCUT2D eigenvalue weighted by molar-refractivity contribution is 5.85. The number of allylic oxidation sites excluding steroid dienone is 1. The minimum Gasteiger partial charge on any atom is -0.368 e.